The summed E-state index contributed by atoms with van der Waals surface area (Å²) in [5.74, 6) is -1.99. The molecule has 0 saturated carbocycles. The van der Waals surface area contributed by atoms with Crippen LogP contribution in [0.1, 0.15) is 16.6 Å². The number of amides is 4. The van der Waals surface area contributed by atoms with Gasteiger partial charge in [-0.05, 0) is 43.3 Å². The number of anilines is 2. The molecule has 0 aliphatic carbocycles. The maximum atomic E-state index is 13.3. The van der Waals surface area contributed by atoms with E-state index in [2.05, 4.69) is 15.5 Å². The van der Waals surface area contributed by atoms with Gasteiger partial charge >= 0.3 is 12.7 Å². The van der Waals surface area contributed by atoms with E-state index >= 15 is 0 Å². The summed E-state index contributed by atoms with van der Waals surface area (Å²) in [7, 11) is 0. The van der Waals surface area contributed by atoms with E-state index in [1.807, 2.05) is 0 Å². The number of nitrogens with one attached hydrogen (secondary N) is 2. The molecule has 1 fully saturated rings. The van der Waals surface area contributed by atoms with Crippen molar-refractivity contribution in [3.05, 3.63) is 45.6 Å². The molecule has 0 bridgehead atoms. The van der Waals surface area contributed by atoms with Crippen LogP contribution in [-0.4, -0.2) is 69.4 Å². The molecule has 4 amide bonds. The third kappa shape index (κ3) is 7.82. The molecule has 0 radical (unpaired) electrons. The van der Waals surface area contributed by atoms with Crippen LogP contribution < -0.4 is 20.6 Å². The van der Waals surface area contributed by atoms with Gasteiger partial charge in [-0.2, -0.15) is 18.7 Å². The van der Waals surface area contributed by atoms with Crippen molar-refractivity contribution < 1.29 is 42.3 Å². The second-order valence-corrected chi connectivity index (χ2v) is 9.06. The number of benzene rings is 1. The monoisotopic (exact) mass is 560 g/mol. The van der Waals surface area contributed by atoms with Gasteiger partial charge in [-0.25, -0.2) is 4.79 Å². The molecule has 11 nitrogen and oxygen atoms in total. The zero-order valence-electron chi connectivity index (χ0n) is 19.4. The number of carbonyl (C=O) groups excluding carboxylic acids is 4. The first-order valence-electron chi connectivity index (χ1n) is 10.9. The van der Waals surface area contributed by atoms with Gasteiger partial charge in [0.15, 0.2) is 0 Å². The molecule has 3 rings (SSSR count). The lowest BCUT2D eigenvalue weighted by atomic mass is 10.2. The third-order valence-electron chi connectivity index (χ3n) is 4.90. The maximum Gasteiger partial charge on any atom is 0.407 e. The number of carbonyl (C=O) groups is 4. The molecule has 1 aromatic heterocycles. The molecular formula is C22H23ClF2N4O7S. The average Bonchev–Trinajstić information content (AvgIpc) is 3.31. The highest BCUT2D eigenvalue weighted by Gasteiger charge is 2.31. The molecule has 2 N–H and O–H groups in total. The highest BCUT2D eigenvalue weighted by Crippen LogP contribution is 2.24. The van der Waals surface area contributed by atoms with E-state index in [4.69, 9.17) is 21.1 Å². The predicted octanol–water partition coefficient (Wildman–Crippen LogP) is 2.80. The van der Waals surface area contributed by atoms with Crippen molar-refractivity contribution in [2.75, 3.05) is 42.9 Å². The lowest BCUT2D eigenvalue weighted by molar-refractivity contribution is -0.160. The number of thiophene rings is 1. The van der Waals surface area contributed by atoms with E-state index in [0.29, 0.717) is 28.2 Å². The number of halogens is 3. The Morgan fingerprint density at radius 2 is 1.95 bits per heavy atom. The normalized spacial score (nSPS) is 14.3. The van der Waals surface area contributed by atoms with Crippen molar-refractivity contribution >= 4 is 58.1 Å². The minimum atomic E-state index is -3.39. The second-order valence-electron chi connectivity index (χ2n) is 7.34. The van der Waals surface area contributed by atoms with Crippen molar-refractivity contribution in [1.29, 1.82) is 0 Å². The molecule has 2 aromatic rings. The van der Waals surface area contributed by atoms with Gasteiger partial charge in [-0.3, -0.25) is 14.4 Å². The lowest BCUT2D eigenvalue weighted by Gasteiger charge is -2.28. The van der Waals surface area contributed by atoms with E-state index in [1.54, 1.807) is 0 Å². The Morgan fingerprint density at radius 3 is 2.54 bits per heavy atom. The van der Waals surface area contributed by atoms with E-state index in [1.165, 1.54) is 48.2 Å². The van der Waals surface area contributed by atoms with Crippen LogP contribution in [-0.2, 0) is 23.9 Å². The second kappa shape index (κ2) is 13.3. The fourth-order valence-electron chi connectivity index (χ4n) is 3.25. The topological polar surface area (TPSA) is 127 Å². The number of hydroxylamine groups is 1. The summed E-state index contributed by atoms with van der Waals surface area (Å²) in [5, 5.41) is 5.00. The molecule has 15 heteroatoms. The number of rotatable bonds is 10. The Kier molecular flexibility index (Phi) is 10.1. The molecule has 2 heterocycles. The SMILES string of the molecule is CCOC(=O)N[C@@H](CNC(=O)c1ccc(Cl)s1)C(=O)N(OC(F)F)c1ccc(N2CCOCC2=O)cc1. The van der Waals surface area contributed by atoms with Crippen LogP contribution >= 0.6 is 22.9 Å². The molecule has 1 aliphatic heterocycles. The number of hydrogen-bond acceptors (Lipinski definition) is 8. The quantitative estimate of drug-likeness (QED) is 0.428. The van der Waals surface area contributed by atoms with Gasteiger partial charge < -0.3 is 25.0 Å². The van der Waals surface area contributed by atoms with Gasteiger partial charge in [-0.1, -0.05) is 11.6 Å². The molecule has 200 valence electrons. The number of alkyl halides is 2. The van der Waals surface area contributed by atoms with Crippen LogP contribution in [0.25, 0.3) is 0 Å². The standard InChI is InChI=1S/C22H23ClF2N4O7S/c1-2-35-22(33)27-15(11-26-19(31)16-7-8-17(23)37-16)20(32)29(36-21(24)25)14-5-3-13(4-6-14)28-9-10-34-12-18(28)30/h3-8,15,21H,2,9-12H2,1H3,(H,26,31)(H,27,33)/t15-/m0/s1. The van der Waals surface area contributed by atoms with Gasteiger partial charge in [0.2, 0.25) is 0 Å². The van der Waals surface area contributed by atoms with E-state index in [0.717, 1.165) is 11.3 Å². The van der Waals surface area contributed by atoms with Crippen LogP contribution in [0.2, 0.25) is 4.34 Å². The van der Waals surface area contributed by atoms with Crippen molar-refractivity contribution in [3.8, 4) is 0 Å². The fraction of sp³-hybridized carbons (Fsp3) is 0.364. The molecule has 1 aliphatic rings. The molecule has 1 aromatic carbocycles. The number of alkyl carbamates (subject to hydrolysis) is 1. The first-order valence-corrected chi connectivity index (χ1v) is 12.1. The minimum Gasteiger partial charge on any atom is -0.450 e. The van der Waals surface area contributed by atoms with Gasteiger partial charge in [0, 0.05) is 18.8 Å². The van der Waals surface area contributed by atoms with Gasteiger partial charge in [0.05, 0.1) is 28.1 Å². The summed E-state index contributed by atoms with van der Waals surface area (Å²) in [5.41, 5.74) is 0.353. The Hall–Kier alpha value is -3.33. The molecule has 37 heavy (non-hydrogen) atoms. The summed E-state index contributed by atoms with van der Waals surface area (Å²) in [6.07, 6.45) is -1.01. The van der Waals surface area contributed by atoms with Crippen LogP contribution in [0.3, 0.4) is 0 Å². The Bertz CT molecular complexity index is 1120. The first kappa shape index (κ1) is 28.2. The van der Waals surface area contributed by atoms with Gasteiger partial charge in [-0.15, -0.1) is 11.3 Å². The van der Waals surface area contributed by atoms with Crippen molar-refractivity contribution in [2.45, 2.75) is 19.6 Å². The van der Waals surface area contributed by atoms with Crippen LogP contribution in [0.4, 0.5) is 25.0 Å². The van der Waals surface area contributed by atoms with E-state index < -0.39 is 37.1 Å². The number of ether oxygens (including phenoxy) is 2. The number of hydrogen-bond donors (Lipinski definition) is 2. The first-order chi connectivity index (χ1) is 17.7. The maximum absolute atomic E-state index is 13.3. The largest absolute Gasteiger partial charge is 0.450 e. The summed E-state index contributed by atoms with van der Waals surface area (Å²) < 4.78 is 36.8. The van der Waals surface area contributed by atoms with E-state index in [-0.39, 0.29) is 29.7 Å². The molecule has 1 saturated heterocycles. The summed E-state index contributed by atoms with van der Waals surface area (Å²) >= 11 is 6.83. The van der Waals surface area contributed by atoms with Crippen LogP contribution in [0.15, 0.2) is 36.4 Å². The molecule has 1 atom stereocenters. The summed E-state index contributed by atoms with van der Waals surface area (Å²) in [6, 6.07) is 6.92. The molecule has 0 unspecified atom stereocenters. The Balaban J connectivity index is 1.81. The zero-order valence-corrected chi connectivity index (χ0v) is 21.0. The number of nitrogens with zero attached hydrogens (tertiary/aromatic N) is 2. The minimum absolute atomic E-state index is 0.0221. The highest BCUT2D eigenvalue weighted by molar-refractivity contribution is 7.18. The van der Waals surface area contributed by atoms with Crippen LogP contribution in [0.5, 0.6) is 0 Å². The zero-order chi connectivity index (χ0) is 26.9. The van der Waals surface area contributed by atoms with E-state index in [9.17, 15) is 28.0 Å². The predicted molar refractivity (Wildman–Crippen MR) is 130 cm³/mol. The fourth-order valence-corrected chi connectivity index (χ4v) is 4.21. The third-order valence-corrected chi connectivity index (χ3v) is 6.13. The summed E-state index contributed by atoms with van der Waals surface area (Å²) in [6.45, 7) is -1.82. The van der Waals surface area contributed by atoms with Gasteiger partial charge in [0.1, 0.15) is 12.6 Å². The van der Waals surface area contributed by atoms with Crippen molar-refractivity contribution in [1.82, 2.24) is 10.6 Å². The molecular weight excluding hydrogens is 538 g/mol. The van der Waals surface area contributed by atoms with Gasteiger partial charge in [0.25, 0.3) is 17.7 Å². The number of morpholine rings is 1. The Morgan fingerprint density at radius 1 is 1.22 bits per heavy atom. The Labute approximate surface area is 219 Å². The summed E-state index contributed by atoms with van der Waals surface area (Å²) in [4.78, 5) is 55.9. The lowest BCUT2D eigenvalue weighted by Crippen LogP contribution is -2.54. The van der Waals surface area contributed by atoms with Crippen molar-refractivity contribution in [3.63, 3.8) is 0 Å². The average molecular weight is 561 g/mol. The molecule has 0 spiro atoms. The highest BCUT2D eigenvalue weighted by atomic mass is 35.5. The van der Waals surface area contributed by atoms with Crippen LogP contribution in [0, 0.1) is 0 Å². The van der Waals surface area contributed by atoms with Crippen molar-refractivity contribution in [2.24, 2.45) is 0 Å². The smallest absolute Gasteiger partial charge is 0.407 e.